The number of para-hydroxylation sites is 1. The van der Waals surface area contributed by atoms with Crippen LogP contribution in [0.15, 0.2) is 158 Å². The summed E-state index contributed by atoms with van der Waals surface area (Å²) in [5.41, 5.74) is 9.03. The monoisotopic (exact) mass is 622 g/mol. The van der Waals surface area contributed by atoms with Gasteiger partial charge in [0.15, 0.2) is 17.5 Å². The van der Waals surface area contributed by atoms with Crippen molar-refractivity contribution in [3.63, 3.8) is 0 Å². The average Bonchev–Trinajstić information content (AvgIpc) is 3.72. The minimum Gasteiger partial charge on any atom is -0.307 e. The largest absolute Gasteiger partial charge is 0.307 e. The topological polar surface area (TPSA) is 43.1 Å². The first-order valence-electron chi connectivity index (χ1n) is 16.6. The van der Waals surface area contributed by atoms with Gasteiger partial charge in [-0.2, -0.15) is 0 Å². The molecular weight excluding hydrogens is 597 g/mol. The molecule has 11 aromatic rings. The minimum absolute atomic E-state index is 0.654. The highest BCUT2D eigenvalue weighted by molar-refractivity contribution is 6.39. The Morgan fingerprint density at radius 3 is 1.37 bits per heavy atom. The van der Waals surface area contributed by atoms with E-state index >= 15 is 0 Å². The van der Waals surface area contributed by atoms with Crippen molar-refractivity contribution in [2.24, 2.45) is 0 Å². The minimum atomic E-state index is 0.654. The molecule has 3 heterocycles. The van der Waals surface area contributed by atoms with Crippen LogP contribution in [0.5, 0.6) is 0 Å². The summed E-state index contributed by atoms with van der Waals surface area (Å²) in [5.74, 6) is 1.98. The molecule has 0 unspecified atom stereocenters. The number of hydrogen-bond acceptors (Lipinski definition) is 3. The van der Waals surface area contributed by atoms with Gasteiger partial charge in [0.2, 0.25) is 0 Å². The van der Waals surface area contributed by atoms with Gasteiger partial charge in [-0.1, -0.05) is 152 Å². The smallest absolute Gasteiger partial charge is 0.164 e. The van der Waals surface area contributed by atoms with Crippen molar-refractivity contribution in [3.05, 3.63) is 158 Å². The van der Waals surface area contributed by atoms with Gasteiger partial charge in [-0.15, -0.1) is 0 Å². The van der Waals surface area contributed by atoms with Crippen molar-refractivity contribution < 1.29 is 0 Å². The summed E-state index contributed by atoms with van der Waals surface area (Å²) in [6.07, 6.45) is 0. The predicted molar refractivity (Wildman–Crippen MR) is 202 cm³/mol. The maximum Gasteiger partial charge on any atom is 0.164 e. The Morgan fingerprint density at radius 1 is 0.306 bits per heavy atom. The molecule has 0 N–H and O–H groups in total. The molecule has 0 spiro atoms. The van der Waals surface area contributed by atoms with Gasteiger partial charge in [-0.3, -0.25) is 0 Å². The molecular formula is C45H26N4. The normalized spacial score (nSPS) is 12.1. The van der Waals surface area contributed by atoms with Crippen LogP contribution in [-0.4, -0.2) is 19.4 Å². The first kappa shape index (κ1) is 26.4. The van der Waals surface area contributed by atoms with Gasteiger partial charge in [0.25, 0.3) is 0 Å². The van der Waals surface area contributed by atoms with E-state index in [0.29, 0.717) is 17.5 Å². The lowest BCUT2D eigenvalue weighted by atomic mass is 9.91. The predicted octanol–water partition coefficient (Wildman–Crippen LogP) is 11.4. The summed E-state index contributed by atoms with van der Waals surface area (Å²) in [7, 11) is 0. The van der Waals surface area contributed by atoms with E-state index in [-0.39, 0.29) is 0 Å². The van der Waals surface area contributed by atoms with Gasteiger partial charge in [0.05, 0.1) is 16.6 Å². The number of fused-ring (bicyclic) bond motifs is 7. The summed E-state index contributed by atoms with van der Waals surface area (Å²) >= 11 is 0. The van der Waals surface area contributed by atoms with Crippen LogP contribution in [0, 0.1) is 0 Å². The molecule has 0 saturated carbocycles. The molecule has 4 nitrogen and oxygen atoms in total. The molecule has 0 bridgehead atoms. The summed E-state index contributed by atoms with van der Waals surface area (Å²) < 4.78 is 2.52. The van der Waals surface area contributed by atoms with Crippen molar-refractivity contribution in [2.45, 2.75) is 0 Å². The average molecular weight is 623 g/mol. The molecule has 226 valence electrons. The second-order valence-corrected chi connectivity index (χ2v) is 12.8. The molecule has 3 aromatic heterocycles. The molecule has 8 aromatic carbocycles. The number of aromatic nitrogens is 4. The summed E-state index contributed by atoms with van der Waals surface area (Å²) in [6.45, 7) is 0. The number of benzene rings is 8. The number of hydrogen-bond donors (Lipinski definition) is 0. The fourth-order valence-electron chi connectivity index (χ4n) is 7.99. The van der Waals surface area contributed by atoms with E-state index in [9.17, 15) is 0 Å². The lowest BCUT2D eigenvalue weighted by molar-refractivity contribution is 1.07. The molecule has 4 heteroatoms. The van der Waals surface area contributed by atoms with Crippen LogP contribution in [0.2, 0.25) is 0 Å². The maximum absolute atomic E-state index is 4.96. The van der Waals surface area contributed by atoms with E-state index in [1.165, 1.54) is 65.2 Å². The van der Waals surface area contributed by atoms with Crippen molar-refractivity contribution in [1.82, 2.24) is 19.4 Å². The fourth-order valence-corrected chi connectivity index (χ4v) is 7.99. The van der Waals surface area contributed by atoms with Crippen LogP contribution in [0.1, 0.15) is 0 Å². The molecule has 0 atom stereocenters. The van der Waals surface area contributed by atoms with Gasteiger partial charge in [0, 0.05) is 43.8 Å². The summed E-state index contributed by atoms with van der Waals surface area (Å²) in [4.78, 5) is 14.8. The number of rotatable bonds is 4. The zero-order chi connectivity index (χ0) is 32.1. The second kappa shape index (κ2) is 9.93. The van der Waals surface area contributed by atoms with Crippen LogP contribution in [0.25, 0.3) is 105 Å². The first-order valence-corrected chi connectivity index (χ1v) is 16.6. The SMILES string of the molecule is c1ccc(-c2nc(-c3ccccc3)nc(-c3ccc(-c4ccc5c6ccccc6c6ccc7c8ccccc8n8c4c5c6c78)cc3)n2)cc1. The Kier molecular flexibility index (Phi) is 5.35. The quantitative estimate of drug-likeness (QED) is 0.183. The lowest BCUT2D eigenvalue weighted by Gasteiger charge is -2.12. The summed E-state index contributed by atoms with van der Waals surface area (Å²) in [6, 6.07) is 55.9. The van der Waals surface area contributed by atoms with E-state index < -0.39 is 0 Å². The van der Waals surface area contributed by atoms with Gasteiger partial charge in [-0.05, 0) is 33.2 Å². The summed E-state index contributed by atoms with van der Waals surface area (Å²) in [5, 5.41) is 10.5. The Morgan fingerprint density at radius 2 is 0.755 bits per heavy atom. The molecule has 0 fully saturated rings. The second-order valence-electron chi connectivity index (χ2n) is 12.8. The Hall–Kier alpha value is -6.65. The van der Waals surface area contributed by atoms with Gasteiger partial charge in [-0.25, -0.2) is 15.0 Å². The van der Waals surface area contributed by atoms with Crippen LogP contribution >= 0.6 is 0 Å². The highest BCUT2D eigenvalue weighted by atomic mass is 15.0. The maximum atomic E-state index is 4.96. The third kappa shape index (κ3) is 3.71. The highest BCUT2D eigenvalue weighted by Gasteiger charge is 2.25. The molecule has 0 aliphatic rings. The molecule has 0 aliphatic carbocycles. The third-order valence-corrected chi connectivity index (χ3v) is 10.1. The van der Waals surface area contributed by atoms with Crippen LogP contribution in [0.4, 0.5) is 0 Å². The number of nitrogens with zero attached hydrogens (tertiary/aromatic N) is 4. The van der Waals surface area contributed by atoms with E-state index in [2.05, 4.69) is 101 Å². The van der Waals surface area contributed by atoms with Crippen LogP contribution < -0.4 is 0 Å². The Balaban J connectivity index is 1.15. The van der Waals surface area contributed by atoms with Gasteiger partial charge < -0.3 is 4.40 Å². The zero-order valence-corrected chi connectivity index (χ0v) is 26.3. The fraction of sp³-hybridized carbons (Fsp3) is 0. The molecule has 0 aliphatic heterocycles. The third-order valence-electron chi connectivity index (χ3n) is 10.1. The van der Waals surface area contributed by atoms with Gasteiger partial charge in [0.1, 0.15) is 0 Å². The standard InChI is InChI=1S/C45H26N4/c1-3-11-28(12-4-1)43-46-44(29-13-5-2-6-14-29)48-45(47-43)30-21-19-27(20-22-30)31-23-24-35-32-15-7-8-16-33(32)36-25-26-37-34-17-9-10-18-38(34)49-41(31)39(35)40(36)42(37)49/h1-26H. The zero-order valence-electron chi connectivity index (χ0n) is 26.3. The van der Waals surface area contributed by atoms with Crippen LogP contribution in [0.3, 0.4) is 0 Å². The van der Waals surface area contributed by atoms with E-state index in [0.717, 1.165) is 22.3 Å². The van der Waals surface area contributed by atoms with Gasteiger partial charge >= 0.3 is 0 Å². The van der Waals surface area contributed by atoms with Crippen molar-refractivity contribution in [2.75, 3.05) is 0 Å². The van der Waals surface area contributed by atoms with Crippen molar-refractivity contribution >= 4 is 59.6 Å². The Bertz CT molecular complexity index is 2960. The first-order chi connectivity index (χ1) is 24.3. The van der Waals surface area contributed by atoms with E-state index in [1.54, 1.807) is 0 Å². The lowest BCUT2D eigenvalue weighted by Crippen LogP contribution is -2.00. The highest BCUT2D eigenvalue weighted by Crippen LogP contribution is 2.49. The molecule has 0 amide bonds. The Labute approximate surface area is 281 Å². The van der Waals surface area contributed by atoms with Crippen molar-refractivity contribution in [3.8, 4) is 45.3 Å². The van der Waals surface area contributed by atoms with E-state index in [1.807, 2.05) is 60.7 Å². The molecule has 11 rings (SSSR count). The molecule has 0 radical (unpaired) electrons. The van der Waals surface area contributed by atoms with Crippen molar-refractivity contribution in [1.29, 1.82) is 0 Å². The van der Waals surface area contributed by atoms with E-state index in [4.69, 9.17) is 15.0 Å². The van der Waals surface area contributed by atoms with Crippen LogP contribution in [-0.2, 0) is 0 Å². The molecule has 49 heavy (non-hydrogen) atoms. The molecule has 0 saturated heterocycles.